The molecule has 2 rings (SSSR count). The molecule has 0 spiro atoms. The molecule has 0 aliphatic rings. The molecule has 0 amide bonds. The first kappa shape index (κ1) is 21.4. The van der Waals surface area contributed by atoms with Crippen LogP contribution in [0.15, 0.2) is 90.6 Å². The number of nitrogen functional groups attached to an aromatic ring is 1. The molecule has 0 aliphatic carbocycles. The summed E-state index contributed by atoms with van der Waals surface area (Å²) in [5.41, 5.74) is 7.64. The third-order valence-corrected chi connectivity index (χ3v) is 3.84. The predicted octanol–water partition coefficient (Wildman–Crippen LogP) is 4.89. The minimum Gasteiger partial charge on any atom is -0.427 e. The fourth-order valence-corrected chi connectivity index (χ4v) is 2.50. The Morgan fingerprint density at radius 1 is 0.931 bits per heavy atom. The summed E-state index contributed by atoms with van der Waals surface area (Å²) in [6.45, 7) is 3.89. The van der Waals surface area contributed by atoms with E-state index in [2.05, 4.69) is 0 Å². The van der Waals surface area contributed by atoms with Gasteiger partial charge in [-0.3, -0.25) is 4.79 Å². The second kappa shape index (κ2) is 11.1. The lowest BCUT2D eigenvalue weighted by Crippen LogP contribution is -2.10. The molecular weight excluding hydrogens is 366 g/mol. The first-order valence-electron chi connectivity index (χ1n) is 9.04. The van der Waals surface area contributed by atoms with Gasteiger partial charge >= 0.3 is 5.97 Å². The van der Waals surface area contributed by atoms with E-state index in [9.17, 15) is 9.59 Å². The molecule has 0 aliphatic heterocycles. The lowest BCUT2D eigenvalue weighted by molar-refractivity contribution is -0.132. The number of allylic oxidation sites excluding steroid dienone is 4. The third-order valence-electron chi connectivity index (χ3n) is 3.84. The number of benzene rings is 2. The molecule has 0 fully saturated rings. The van der Waals surface area contributed by atoms with Crippen LogP contribution in [0.1, 0.15) is 25.0 Å². The van der Waals surface area contributed by atoms with Gasteiger partial charge in [0.1, 0.15) is 11.3 Å². The van der Waals surface area contributed by atoms with Gasteiger partial charge in [-0.15, -0.1) is 0 Å². The van der Waals surface area contributed by atoms with Gasteiger partial charge < -0.3 is 15.2 Å². The number of ether oxygens (including phenoxy) is 2. The Morgan fingerprint density at radius 3 is 2.21 bits per heavy atom. The summed E-state index contributed by atoms with van der Waals surface area (Å²) >= 11 is 0. The van der Waals surface area contributed by atoms with Gasteiger partial charge in [0, 0.05) is 16.8 Å². The molecule has 0 radical (unpaired) electrons. The Bertz CT molecular complexity index is 952. The minimum atomic E-state index is -0.656. The van der Waals surface area contributed by atoms with Crippen LogP contribution in [0, 0.1) is 0 Å². The van der Waals surface area contributed by atoms with Crippen molar-refractivity contribution >= 4 is 29.6 Å². The Balaban J connectivity index is 2.50. The van der Waals surface area contributed by atoms with Crippen LogP contribution in [-0.2, 0) is 19.1 Å². The lowest BCUT2D eigenvalue weighted by Gasteiger charge is -2.13. The van der Waals surface area contributed by atoms with Crippen molar-refractivity contribution in [2.45, 2.75) is 13.8 Å². The van der Waals surface area contributed by atoms with Crippen molar-refractivity contribution in [3.63, 3.8) is 0 Å². The summed E-state index contributed by atoms with van der Waals surface area (Å²) in [5.74, 6) is -0.198. The Morgan fingerprint density at radius 2 is 1.62 bits per heavy atom. The quantitative estimate of drug-likeness (QED) is 0.174. The van der Waals surface area contributed by atoms with E-state index in [1.807, 2.05) is 43.3 Å². The maximum absolute atomic E-state index is 13.0. The van der Waals surface area contributed by atoms with Crippen molar-refractivity contribution < 1.29 is 19.1 Å². The van der Waals surface area contributed by atoms with Crippen LogP contribution >= 0.6 is 0 Å². The molecule has 2 aromatic rings. The van der Waals surface area contributed by atoms with Crippen molar-refractivity contribution in [2.24, 2.45) is 0 Å². The highest BCUT2D eigenvalue weighted by Gasteiger charge is 2.20. The molecule has 2 aromatic carbocycles. The topological polar surface area (TPSA) is 78.6 Å². The van der Waals surface area contributed by atoms with Crippen molar-refractivity contribution in [3.05, 3.63) is 102 Å². The Hall–Kier alpha value is -3.86. The highest BCUT2D eigenvalue weighted by Crippen LogP contribution is 2.25. The van der Waals surface area contributed by atoms with Gasteiger partial charge in [-0.1, -0.05) is 48.6 Å². The first-order valence-corrected chi connectivity index (χ1v) is 9.04. The number of anilines is 1. The number of carbonyl (C=O) groups is 2. The van der Waals surface area contributed by atoms with Crippen LogP contribution in [0.25, 0.3) is 11.5 Å². The van der Waals surface area contributed by atoms with E-state index in [1.54, 1.807) is 49.4 Å². The monoisotopic (exact) mass is 389 g/mol. The van der Waals surface area contributed by atoms with Gasteiger partial charge in [-0.2, -0.15) is 0 Å². The van der Waals surface area contributed by atoms with E-state index in [0.717, 1.165) is 5.56 Å². The second-order valence-electron chi connectivity index (χ2n) is 5.89. The molecule has 2 N–H and O–H groups in total. The number of hydrogen-bond acceptors (Lipinski definition) is 5. The fraction of sp³-hybridized carbons (Fsp3) is 0.0833. The fourth-order valence-electron chi connectivity index (χ4n) is 2.50. The van der Waals surface area contributed by atoms with E-state index in [4.69, 9.17) is 15.2 Å². The van der Waals surface area contributed by atoms with E-state index in [0.29, 0.717) is 17.0 Å². The molecule has 0 heterocycles. The Labute approximate surface area is 170 Å². The van der Waals surface area contributed by atoms with Gasteiger partial charge in [-0.25, -0.2) is 4.79 Å². The van der Waals surface area contributed by atoms with Crippen molar-refractivity contribution in [2.75, 3.05) is 5.73 Å². The van der Waals surface area contributed by atoms with E-state index < -0.39 is 5.97 Å². The zero-order valence-corrected chi connectivity index (χ0v) is 16.4. The smallest absolute Gasteiger partial charge is 0.347 e. The summed E-state index contributed by atoms with van der Waals surface area (Å²) < 4.78 is 10.8. The highest BCUT2D eigenvalue weighted by atomic mass is 16.5. The molecule has 0 saturated heterocycles. The number of nitrogens with two attached hydrogens (primary N) is 1. The standard InChI is InChI=1S/C24H23NO4/c1-3-5-12-22(18-10-7-6-8-11-18)29-24(27)21(9-4-2)23(28-17-26)19-13-15-20(25)16-14-19/h3-17H,25H2,1-2H3/b5-3+,9-4+,22-12+,23-21-. The first-order chi connectivity index (χ1) is 14.1. The second-order valence-corrected chi connectivity index (χ2v) is 5.89. The normalized spacial score (nSPS) is 12.7. The number of esters is 1. The molecule has 29 heavy (non-hydrogen) atoms. The zero-order valence-electron chi connectivity index (χ0n) is 16.4. The number of hydrogen-bond donors (Lipinski definition) is 1. The summed E-state index contributed by atoms with van der Waals surface area (Å²) in [4.78, 5) is 24.1. The van der Waals surface area contributed by atoms with Gasteiger partial charge in [0.15, 0.2) is 5.76 Å². The van der Waals surface area contributed by atoms with Crippen molar-refractivity contribution in [1.82, 2.24) is 0 Å². The number of carbonyl (C=O) groups excluding carboxylic acids is 2. The average Bonchev–Trinajstić information content (AvgIpc) is 2.75. The maximum atomic E-state index is 13.0. The molecule has 0 atom stereocenters. The molecular formula is C24H23NO4. The number of rotatable bonds is 8. The van der Waals surface area contributed by atoms with Gasteiger partial charge in [0.2, 0.25) is 0 Å². The van der Waals surface area contributed by atoms with Crippen LogP contribution in [0.3, 0.4) is 0 Å². The molecule has 0 saturated carbocycles. The van der Waals surface area contributed by atoms with E-state index in [1.165, 1.54) is 6.08 Å². The Kier molecular flexibility index (Phi) is 8.20. The van der Waals surface area contributed by atoms with Crippen LogP contribution in [0.2, 0.25) is 0 Å². The third kappa shape index (κ3) is 6.07. The lowest BCUT2D eigenvalue weighted by atomic mass is 10.1. The van der Waals surface area contributed by atoms with Crippen LogP contribution in [-0.4, -0.2) is 12.4 Å². The van der Waals surface area contributed by atoms with Crippen LogP contribution in [0.5, 0.6) is 0 Å². The summed E-state index contributed by atoms with van der Waals surface area (Å²) in [6, 6.07) is 15.9. The average molecular weight is 389 g/mol. The van der Waals surface area contributed by atoms with Crippen LogP contribution in [0.4, 0.5) is 5.69 Å². The highest BCUT2D eigenvalue weighted by molar-refractivity contribution is 6.02. The maximum Gasteiger partial charge on any atom is 0.347 e. The van der Waals surface area contributed by atoms with Gasteiger partial charge in [0.25, 0.3) is 6.47 Å². The summed E-state index contributed by atoms with van der Waals surface area (Å²) in [5, 5.41) is 0. The minimum absolute atomic E-state index is 0.0848. The molecule has 0 bridgehead atoms. The zero-order chi connectivity index (χ0) is 21.1. The molecule has 148 valence electrons. The SMILES string of the molecule is C/C=C/C=C(/OC(=O)C(/C=C/C)=C(\OC=O)c1ccc(N)cc1)c1ccccc1. The predicted molar refractivity (Wildman–Crippen MR) is 115 cm³/mol. The molecule has 5 heteroatoms. The van der Waals surface area contributed by atoms with Crippen molar-refractivity contribution in [3.8, 4) is 0 Å². The largest absolute Gasteiger partial charge is 0.427 e. The summed E-state index contributed by atoms with van der Waals surface area (Å²) in [7, 11) is 0. The molecule has 5 nitrogen and oxygen atoms in total. The molecule has 0 aromatic heterocycles. The molecule has 0 unspecified atom stereocenters. The van der Waals surface area contributed by atoms with Gasteiger partial charge in [-0.05, 0) is 50.3 Å². The summed E-state index contributed by atoms with van der Waals surface area (Å²) in [6.07, 6.45) is 8.51. The van der Waals surface area contributed by atoms with Crippen molar-refractivity contribution in [1.29, 1.82) is 0 Å². The van der Waals surface area contributed by atoms with Crippen LogP contribution < -0.4 is 5.73 Å². The van der Waals surface area contributed by atoms with E-state index in [-0.39, 0.29) is 17.8 Å². The van der Waals surface area contributed by atoms with E-state index >= 15 is 0 Å². The van der Waals surface area contributed by atoms with Gasteiger partial charge in [0.05, 0.1) is 0 Å².